The first-order valence-corrected chi connectivity index (χ1v) is 9.57. The molecule has 1 aromatic heterocycles. The second kappa shape index (κ2) is 9.57. The predicted molar refractivity (Wildman–Crippen MR) is 109 cm³/mol. The van der Waals surface area contributed by atoms with E-state index in [9.17, 15) is 9.18 Å². The van der Waals surface area contributed by atoms with Crippen molar-refractivity contribution < 1.29 is 18.3 Å². The largest absolute Gasteiger partial charge is 0.444 e. The zero-order chi connectivity index (χ0) is 20.7. The molecular weight excluding hydrogens is 361 g/mol. The molecule has 1 amide bonds. The summed E-state index contributed by atoms with van der Waals surface area (Å²) in [5, 5.41) is 2.57. The van der Waals surface area contributed by atoms with Crippen molar-refractivity contribution in [3.05, 3.63) is 36.0 Å². The molecule has 1 N–H and O–H groups in total. The third-order valence-corrected chi connectivity index (χ3v) is 4.05. The third kappa shape index (κ3) is 6.55. The topological polar surface area (TPSA) is 67.6 Å². The molecule has 1 aromatic carbocycles. The van der Waals surface area contributed by atoms with Crippen LogP contribution >= 0.6 is 0 Å². The van der Waals surface area contributed by atoms with Crippen LogP contribution in [0.15, 0.2) is 34.5 Å². The molecule has 0 aliphatic rings. The molecule has 0 saturated heterocycles. The minimum absolute atomic E-state index is 0.0709. The number of nitrogens with zero attached hydrogens (tertiary/aromatic N) is 2. The van der Waals surface area contributed by atoms with Gasteiger partial charge in [-0.25, -0.2) is 14.2 Å². The van der Waals surface area contributed by atoms with Crippen molar-refractivity contribution in [2.24, 2.45) is 0 Å². The Hall–Kier alpha value is -2.57. The van der Waals surface area contributed by atoms with Gasteiger partial charge in [-0.3, -0.25) is 0 Å². The minimum Gasteiger partial charge on any atom is -0.444 e. The Labute approximate surface area is 165 Å². The van der Waals surface area contributed by atoms with Gasteiger partial charge in [0.2, 0.25) is 0 Å². The Kier molecular flexibility index (Phi) is 7.43. The minimum atomic E-state index is -0.594. The summed E-state index contributed by atoms with van der Waals surface area (Å²) >= 11 is 0. The second-order valence-electron chi connectivity index (χ2n) is 7.84. The Morgan fingerprint density at radius 1 is 1.39 bits per heavy atom. The van der Waals surface area contributed by atoms with Gasteiger partial charge in [0.1, 0.15) is 11.1 Å². The van der Waals surface area contributed by atoms with Crippen LogP contribution in [0.5, 0.6) is 0 Å². The first kappa shape index (κ1) is 21.7. The maximum Gasteiger partial charge on any atom is 0.407 e. The molecule has 0 radical (unpaired) electrons. The van der Waals surface area contributed by atoms with Crippen molar-refractivity contribution in [3.8, 4) is 0 Å². The summed E-state index contributed by atoms with van der Waals surface area (Å²) in [5.41, 5.74) is 2.24. The van der Waals surface area contributed by atoms with E-state index in [2.05, 4.69) is 17.2 Å². The number of nitrogens with one attached hydrogen (secondary N) is 1. The lowest BCUT2D eigenvalue weighted by Crippen LogP contribution is -2.35. The highest BCUT2D eigenvalue weighted by Gasteiger charge is 2.16. The maximum absolute atomic E-state index is 13.3. The Morgan fingerprint density at radius 2 is 2.14 bits per heavy atom. The van der Waals surface area contributed by atoms with E-state index in [0.29, 0.717) is 24.0 Å². The van der Waals surface area contributed by atoms with Gasteiger partial charge in [-0.2, -0.15) is 0 Å². The molecule has 6 nitrogen and oxygen atoms in total. The predicted octanol–water partition coefficient (Wildman–Crippen LogP) is 4.98. The van der Waals surface area contributed by atoms with E-state index in [-0.39, 0.29) is 6.54 Å². The average Bonchev–Trinajstić information content (AvgIpc) is 3.03. The number of alkyl carbamates (subject to hydrolysis) is 1. The molecule has 0 bridgehead atoms. The van der Waals surface area contributed by atoms with Crippen LogP contribution in [0.4, 0.5) is 14.9 Å². The molecule has 2 aromatic rings. The number of amides is 1. The van der Waals surface area contributed by atoms with Crippen LogP contribution in [0.2, 0.25) is 0 Å². The molecule has 0 aliphatic heterocycles. The molecule has 0 unspecified atom stereocenters. The fourth-order valence-corrected chi connectivity index (χ4v) is 2.66. The summed E-state index contributed by atoms with van der Waals surface area (Å²) < 4.78 is 24.3. The number of hydrogen-bond donors (Lipinski definition) is 1. The number of unbranched alkanes of at least 4 members (excludes halogenated alkanes) is 1. The van der Waals surface area contributed by atoms with E-state index >= 15 is 0 Å². The lowest BCUT2D eigenvalue weighted by molar-refractivity contribution is 0.0532. The molecule has 0 atom stereocenters. The SMILES string of the molecule is CCCCc1nc2ccc(N(C)C/C(=C/F)CNC(=O)OC(C)(C)C)cc2o1. The maximum atomic E-state index is 13.3. The van der Waals surface area contributed by atoms with Crippen LogP contribution in [-0.4, -0.2) is 36.8 Å². The number of likely N-dealkylation sites (N-methyl/N-ethyl adjacent to an activating group) is 1. The van der Waals surface area contributed by atoms with Crippen molar-refractivity contribution in [2.45, 2.75) is 52.6 Å². The lowest BCUT2D eigenvalue weighted by atomic mass is 10.2. The van der Waals surface area contributed by atoms with Gasteiger partial charge in [-0.1, -0.05) is 13.3 Å². The van der Waals surface area contributed by atoms with Crippen LogP contribution in [0.1, 0.15) is 46.4 Å². The number of aromatic nitrogens is 1. The van der Waals surface area contributed by atoms with E-state index < -0.39 is 11.7 Å². The van der Waals surface area contributed by atoms with Crippen molar-refractivity contribution in [1.29, 1.82) is 0 Å². The molecular formula is C21H30FN3O3. The van der Waals surface area contributed by atoms with Gasteiger partial charge in [-0.05, 0) is 44.9 Å². The highest BCUT2D eigenvalue weighted by molar-refractivity contribution is 5.77. The number of hydrogen-bond acceptors (Lipinski definition) is 5. The van der Waals surface area contributed by atoms with Gasteiger partial charge in [-0.15, -0.1) is 0 Å². The standard InChI is InChI=1S/C21H30FN3O3/c1-6-7-8-19-24-17-10-9-16(11-18(17)27-19)25(5)14-15(12-22)13-23-20(26)28-21(2,3)4/h9-12H,6-8,13-14H2,1-5H3,(H,23,26)/b15-12+. The first-order valence-electron chi connectivity index (χ1n) is 9.57. The number of ether oxygens (including phenoxy) is 1. The molecule has 0 saturated carbocycles. The third-order valence-electron chi connectivity index (χ3n) is 4.05. The van der Waals surface area contributed by atoms with E-state index in [1.165, 1.54) is 0 Å². The molecule has 0 spiro atoms. The van der Waals surface area contributed by atoms with Crippen LogP contribution < -0.4 is 10.2 Å². The first-order chi connectivity index (χ1) is 13.2. The monoisotopic (exact) mass is 391 g/mol. The van der Waals surface area contributed by atoms with Gasteiger partial charge in [0.15, 0.2) is 11.5 Å². The second-order valence-corrected chi connectivity index (χ2v) is 7.84. The van der Waals surface area contributed by atoms with Gasteiger partial charge in [0.05, 0.1) is 6.33 Å². The normalized spacial score (nSPS) is 12.3. The van der Waals surface area contributed by atoms with Crippen molar-refractivity contribution in [1.82, 2.24) is 10.3 Å². The van der Waals surface area contributed by atoms with Gasteiger partial charge in [0, 0.05) is 38.3 Å². The Balaban J connectivity index is 1.98. The highest BCUT2D eigenvalue weighted by Crippen LogP contribution is 2.23. The Morgan fingerprint density at radius 3 is 2.79 bits per heavy atom. The summed E-state index contributed by atoms with van der Waals surface area (Å²) in [4.78, 5) is 18.1. The molecule has 1 heterocycles. The van der Waals surface area contributed by atoms with E-state index in [0.717, 1.165) is 36.4 Å². The van der Waals surface area contributed by atoms with Crippen LogP contribution in [0.3, 0.4) is 0 Å². The number of carbonyl (C=O) groups is 1. The zero-order valence-corrected chi connectivity index (χ0v) is 17.3. The summed E-state index contributed by atoms with van der Waals surface area (Å²) in [6.45, 7) is 7.85. The van der Waals surface area contributed by atoms with E-state index in [1.807, 2.05) is 30.1 Å². The Bertz CT molecular complexity index is 824. The number of carbonyl (C=O) groups excluding carboxylic acids is 1. The van der Waals surface area contributed by atoms with Gasteiger partial charge in [0.25, 0.3) is 0 Å². The van der Waals surface area contributed by atoms with Crippen molar-refractivity contribution in [2.75, 3.05) is 25.0 Å². The van der Waals surface area contributed by atoms with Crippen LogP contribution in [0.25, 0.3) is 11.1 Å². The summed E-state index contributed by atoms with van der Waals surface area (Å²) in [5.74, 6) is 0.738. The number of fused-ring (bicyclic) bond motifs is 1. The number of aryl methyl sites for hydroxylation is 1. The number of oxazole rings is 1. The van der Waals surface area contributed by atoms with Gasteiger partial charge < -0.3 is 19.4 Å². The number of benzene rings is 1. The molecule has 154 valence electrons. The number of anilines is 1. The number of halogens is 1. The fraction of sp³-hybridized carbons (Fsp3) is 0.524. The molecule has 7 heteroatoms. The van der Waals surface area contributed by atoms with Gasteiger partial charge >= 0.3 is 6.09 Å². The average molecular weight is 391 g/mol. The zero-order valence-electron chi connectivity index (χ0n) is 17.3. The number of rotatable bonds is 8. The summed E-state index contributed by atoms with van der Waals surface area (Å²) in [7, 11) is 1.85. The summed E-state index contributed by atoms with van der Waals surface area (Å²) in [6, 6.07) is 5.72. The van der Waals surface area contributed by atoms with Crippen LogP contribution in [0, 0.1) is 0 Å². The lowest BCUT2D eigenvalue weighted by Gasteiger charge is -2.22. The highest BCUT2D eigenvalue weighted by atomic mass is 19.1. The van der Waals surface area contributed by atoms with Crippen molar-refractivity contribution >= 4 is 22.9 Å². The summed E-state index contributed by atoms with van der Waals surface area (Å²) in [6.07, 6.45) is 2.89. The fourth-order valence-electron chi connectivity index (χ4n) is 2.66. The quantitative estimate of drug-likeness (QED) is 0.687. The van der Waals surface area contributed by atoms with E-state index in [1.54, 1.807) is 20.8 Å². The smallest absolute Gasteiger partial charge is 0.407 e. The van der Waals surface area contributed by atoms with E-state index in [4.69, 9.17) is 9.15 Å². The molecule has 0 aliphatic carbocycles. The molecule has 28 heavy (non-hydrogen) atoms. The molecule has 2 rings (SSSR count). The molecule has 0 fully saturated rings. The van der Waals surface area contributed by atoms with Crippen LogP contribution in [-0.2, 0) is 11.2 Å². The van der Waals surface area contributed by atoms with Crippen molar-refractivity contribution in [3.63, 3.8) is 0 Å².